The quantitative estimate of drug-likeness (QED) is 0.126. The standard InChI is InChI=1S/C19H14F3N5.C11H6F3NO.C9H12N4.ClH/c1-11-10-23-12(2)18-25-17(26-27(11)18)8-6-15-5-3-13-9-14(19(20,21)22)4-7-16(13)24-15;12-11(13,14)8-2-4-10-7(5-8)1-3-9(6-16)15-10;1-4-8-11-9-7(3)10-5-6(2)13(9)12-8;/h3-10H,1-2H3;1-6H;5H,4H2,1-3H3;1H/b8-6+;;;. The van der Waals surface area contributed by atoms with E-state index in [-0.39, 0.29) is 18.1 Å². The Balaban J connectivity index is 0.000000176. The van der Waals surface area contributed by atoms with Crippen molar-refractivity contribution in [3.63, 3.8) is 0 Å². The molecule has 2 aromatic carbocycles. The number of hydrogen-bond donors (Lipinski definition) is 0. The van der Waals surface area contributed by atoms with Gasteiger partial charge in [0.2, 0.25) is 0 Å². The largest absolute Gasteiger partial charge is 0.416 e. The zero-order valence-electron chi connectivity index (χ0n) is 30.9. The van der Waals surface area contributed by atoms with Crippen LogP contribution in [0.4, 0.5) is 26.3 Å². The number of pyridine rings is 2. The first-order chi connectivity index (χ1) is 26.5. The van der Waals surface area contributed by atoms with Gasteiger partial charge in [0.15, 0.2) is 29.2 Å². The highest BCUT2D eigenvalue weighted by molar-refractivity contribution is 5.85. The Morgan fingerprint density at radius 3 is 1.58 bits per heavy atom. The van der Waals surface area contributed by atoms with Gasteiger partial charge in [-0.05, 0) is 88.4 Å². The molecule has 0 saturated heterocycles. The van der Waals surface area contributed by atoms with Gasteiger partial charge in [-0.3, -0.25) is 14.8 Å². The smallest absolute Gasteiger partial charge is 0.296 e. The van der Waals surface area contributed by atoms with E-state index in [0.717, 1.165) is 64.9 Å². The average Bonchev–Trinajstić information content (AvgIpc) is 3.83. The second-order valence-corrected chi connectivity index (χ2v) is 12.5. The van der Waals surface area contributed by atoms with Crippen LogP contribution in [-0.2, 0) is 18.8 Å². The maximum atomic E-state index is 12.8. The molecule has 8 aromatic rings. The molecule has 0 spiro atoms. The number of rotatable bonds is 4. The summed E-state index contributed by atoms with van der Waals surface area (Å²) in [4.78, 5) is 36.0. The van der Waals surface area contributed by atoms with Gasteiger partial charge in [-0.2, -0.15) is 31.4 Å². The van der Waals surface area contributed by atoms with E-state index in [2.05, 4.69) is 40.1 Å². The molecule has 8 rings (SSSR count). The van der Waals surface area contributed by atoms with Gasteiger partial charge in [-0.15, -0.1) is 17.5 Å². The van der Waals surface area contributed by atoms with Crippen LogP contribution in [0.2, 0.25) is 0 Å². The van der Waals surface area contributed by atoms with E-state index >= 15 is 0 Å². The summed E-state index contributed by atoms with van der Waals surface area (Å²) in [6, 6.07) is 12.8. The lowest BCUT2D eigenvalue weighted by molar-refractivity contribution is -0.138. The van der Waals surface area contributed by atoms with Crippen LogP contribution in [0.5, 0.6) is 0 Å². The fourth-order valence-electron chi connectivity index (χ4n) is 5.42. The van der Waals surface area contributed by atoms with Gasteiger partial charge < -0.3 is 0 Å². The van der Waals surface area contributed by atoms with Gasteiger partial charge >= 0.3 is 12.4 Å². The summed E-state index contributed by atoms with van der Waals surface area (Å²) >= 11 is 0. The van der Waals surface area contributed by atoms with E-state index in [1.54, 1.807) is 35.0 Å². The summed E-state index contributed by atoms with van der Waals surface area (Å²) in [5, 5.41) is 9.57. The maximum Gasteiger partial charge on any atom is 0.416 e. The lowest BCUT2D eigenvalue weighted by atomic mass is 10.1. The summed E-state index contributed by atoms with van der Waals surface area (Å²) in [5.74, 6) is 1.38. The van der Waals surface area contributed by atoms with Crippen LogP contribution in [0.15, 0.2) is 73.1 Å². The third kappa shape index (κ3) is 9.55. The molecule has 0 aliphatic carbocycles. The summed E-state index contributed by atoms with van der Waals surface area (Å²) < 4.78 is 79.1. The first kappa shape index (κ1) is 41.8. The SMILES string of the molecule is CCc1nc2c(C)ncc(C)n2n1.Cc1ncc(C)n2nc(/C=C/c3ccc4cc(C(F)(F)F)ccc4n3)nc12.Cl.O=Cc1ccc2cc(C(F)(F)F)ccc2n1. The van der Waals surface area contributed by atoms with E-state index in [4.69, 9.17) is 0 Å². The lowest BCUT2D eigenvalue weighted by Gasteiger charge is -2.07. The van der Waals surface area contributed by atoms with Crippen LogP contribution >= 0.6 is 12.4 Å². The van der Waals surface area contributed by atoms with Crippen molar-refractivity contribution in [1.29, 1.82) is 0 Å². The summed E-state index contributed by atoms with van der Waals surface area (Å²) in [6.45, 7) is 9.72. The van der Waals surface area contributed by atoms with Crippen molar-refractivity contribution in [1.82, 2.24) is 49.1 Å². The van der Waals surface area contributed by atoms with Crippen molar-refractivity contribution in [3.05, 3.63) is 130 Å². The summed E-state index contributed by atoms with van der Waals surface area (Å²) in [5.41, 5.74) is 5.41. The molecular formula is C39H33ClF6N10O. The number of carbonyl (C=O) groups is 1. The van der Waals surface area contributed by atoms with Crippen molar-refractivity contribution in [3.8, 4) is 0 Å². The van der Waals surface area contributed by atoms with Gasteiger partial charge in [0.25, 0.3) is 0 Å². The Bertz CT molecular complexity index is 2680. The molecule has 0 saturated carbocycles. The Labute approximate surface area is 327 Å². The number of aldehydes is 1. The molecule has 0 aliphatic heterocycles. The third-order valence-electron chi connectivity index (χ3n) is 8.40. The zero-order valence-corrected chi connectivity index (χ0v) is 31.7. The van der Waals surface area contributed by atoms with Gasteiger partial charge in [-0.1, -0.05) is 19.1 Å². The second-order valence-electron chi connectivity index (χ2n) is 12.5. The number of nitrogens with zero attached hydrogens (tertiary/aromatic N) is 10. The normalized spacial score (nSPS) is 11.7. The first-order valence-corrected chi connectivity index (χ1v) is 17.0. The number of carbonyl (C=O) groups excluding carboxylic acids is 1. The topological polar surface area (TPSA) is 129 Å². The number of alkyl halides is 6. The Hall–Kier alpha value is -6.36. The third-order valence-corrected chi connectivity index (χ3v) is 8.40. The monoisotopic (exact) mass is 806 g/mol. The zero-order chi connectivity index (χ0) is 40.4. The van der Waals surface area contributed by atoms with Crippen molar-refractivity contribution < 1.29 is 31.1 Å². The van der Waals surface area contributed by atoms with Crippen molar-refractivity contribution in [2.24, 2.45) is 0 Å². The molecule has 6 aromatic heterocycles. The summed E-state index contributed by atoms with van der Waals surface area (Å²) in [6.07, 6.45) is -0.336. The van der Waals surface area contributed by atoms with E-state index in [9.17, 15) is 31.1 Å². The van der Waals surface area contributed by atoms with E-state index in [1.807, 2.05) is 45.3 Å². The fraction of sp³-hybridized carbons (Fsp3) is 0.205. The summed E-state index contributed by atoms with van der Waals surface area (Å²) in [7, 11) is 0. The van der Waals surface area contributed by atoms with Crippen LogP contribution < -0.4 is 0 Å². The number of aryl methyl sites for hydroxylation is 5. The van der Waals surface area contributed by atoms with Gasteiger partial charge in [0.1, 0.15) is 5.69 Å². The van der Waals surface area contributed by atoms with E-state index < -0.39 is 23.5 Å². The molecule has 0 N–H and O–H groups in total. The molecule has 6 heterocycles. The molecule has 0 aliphatic rings. The predicted molar refractivity (Wildman–Crippen MR) is 205 cm³/mol. The second kappa shape index (κ2) is 16.8. The Morgan fingerprint density at radius 1 is 0.614 bits per heavy atom. The number of fused-ring (bicyclic) bond motifs is 4. The highest BCUT2D eigenvalue weighted by Crippen LogP contribution is 2.32. The molecule has 0 fully saturated rings. The molecule has 0 unspecified atom stereocenters. The van der Waals surface area contributed by atoms with Gasteiger partial charge in [0.05, 0.1) is 50.6 Å². The minimum absolute atomic E-state index is 0. The van der Waals surface area contributed by atoms with Crippen LogP contribution in [0.1, 0.15) is 68.7 Å². The molecule has 294 valence electrons. The lowest BCUT2D eigenvalue weighted by Crippen LogP contribution is -2.04. The van der Waals surface area contributed by atoms with Crippen molar-refractivity contribution >= 4 is 63.9 Å². The molecule has 0 amide bonds. The molecule has 0 radical (unpaired) electrons. The fourth-order valence-corrected chi connectivity index (χ4v) is 5.42. The van der Waals surface area contributed by atoms with E-state index in [0.29, 0.717) is 45.3 Å². The van der Waals surface area contributed by atoms with Crippen LogP contribution in [0.25, 0.3) is 45.3 Å². The first-order valence-electron chi connectivity index (χ1n) is 17.0. The number of aromatic nitrogens is 10. The van der Waals surface area contributed by atoms with Crippen molar-refractivity contribution in [2.75, 3.05) is 0 Å². The average molecular weight is 807 g/mol. The minimum Gasteiger partial charge on any atom is -0.296 e. The van der Waals surface area contributed by atoms with Crippen LogP contribution in [0, 0.1) is 27.7 Å². The molecule has 18 heteroatoms. The highest BCUT2D eigenvalue weighted by atomic mass is 35.5. The number of hydrogen-bond acceptors (Lipinski definition) is 9. The molecular weight excluding hydrogens is 774 g/mol. The van der Waals surface area contributed by atoms with Gasteiger partial charge in [0, 0.05) is 29.6 Å². The van der Waals surface area contributed by atoms with Gasteiger partial charge in [-0.25, -0.2) is 29.0 Å². The Kier molecular flexibility index (Phi) is 12.3. The highest BCUT2D eigenvalue weighted by Gasteiger charge is 2.31. The van der Waals surface area contributed by atoms with E-state index in [1.165, 1.54) is 24.3 Å². The Morgan fingerprint density at radius 2 is 1.11 bits per heavy atom. The molecule has 0 atom stereocenters. The number of benzene rings is 2. The maximum absolute atomic E-state index is 12.8. The molecule has 0 bridgehead atoms. The minimum atomic E-state index is -4.37. The van der Waals surface area contributed by atoms with Crippen molar-refractivity contribution in [2.45, 2.75) is 53.4 Å². The van der Waals surface area contributed by atoms with Crippen LogP contribution in [-0.4, -0.2) is 55.4 Å². The number of halogens is 7. The molecule has 57 heavy (non-hydrogen) atoms. The predicted octanol–water partition coefficient (Wildman–Crippen LogP) is 9.27. The van der Waals surface area contributed by atoms with Crippen LogP contribution in [0.3, 0.4) is 0 Å². The molecule has 11 nitrogen and oxygen atoms in total.